The molecule has 0 bridgehead atoms. The molecule has 179 valence electrons. The first kappa shape index (κ1) is 27.6. The summed E-state index contributed by atoms with van der Waals surface area (Å²) in [4.78, 5) is 0. The zero-order chi connectivity index (χ0) is 22.5. The summed E-state index contributed by atoms with van der Waals surface area (Å²) in [6, 6.07) is 30.9. The van der Waals surface area contributed by atoms with E-state index in [0.29, 0.717) is 0 Å². The van der Waals surface area contributed by atoms with Crippen molar-refractivity contribution in [3.05, 3.63) is 135 Å². The molecule has 1 saturated carbocycles. The van der Waals surface area contributed by atoms with Crippen LogP contribution in [-0.4, -0.2) is 0 Å². The minimum absolute atomic E-state index is 0. The van der Waals surface area contributed by atoms with Gasteiger partial charge in [0.2, 0.25) is 0 Å². The van der Waals surface area contributed by atoms with Crippen LogP contribution in [-0.2, 0) is 26.2 Å². The number of rotatable bonds is 3. The van der Waals surface area contributed by atoms with Crippen LogP contribution in [0.5, 0.6) is 0 Å². The summed E-state index contributed by atoms with van der Waals surface area (Å²) in [5.74, 6) is 0. The molecule has 4 aromatic carbocycles. The SMILES string of the molecule is [C-]1=c2ccc(-c3ccccc3)cc2=c2cc(-c3ccccc3)c(=C3CCC3)c(C3=CC=CC3)c21.[Cl-].[Cl-].[Zr+3]. The van der Waals surface area contributed by atoms with E-state index < -0.39 is 0 Å². The van der Waals surface area contributed by atoms with E-state index in [1.54, 1.807) is 5.57 Å². The van der Waals surface area contributed by atoms with E-state index in [-0.39, 0.29) is 51.0 Å². The maximum atomic E-state index is 3.84. The molecule has 3 aliphatic rings. The molecule has 0 aromatic heterocycles. The Bertz CT molecular complexity index is 1730. The number of allylic oxidation sites excluding steroid dienone is 4. The predicted octanol–water partition coefficient (Wildman–Crippen LogP) is 1.01. The van der Waals surface area contributed by atoms with E-state index in [0.717, 1.165) is 6.42 Å². The maximum Gasteiger partial charge on any atom is 3.00 e. The zero-order valence-corrected chi connectivity index (χ0v) is 24.4. The van der Waals surface area contributed by atoms with Crippen molar-refractivity contribution in [1.29, 1.82) is 0 Å². The number of fused-ring (bicyclic) bond motifs is 2. The van der Waals surface area contributed by atoms with E-state index >= 15 is 0 Å². The molecule has 3 heteroatoms. The van der Waals surface area contributed by atoms with Crippen molar-refractivity contribution in [1.82, 2.24) is 0 Å². The Morgan fingerprint density at radius 1 is 0.676 bits per heavy atom. The first-order chi connectivity index (χ1) is 16.9. The van der Waals surface area contributed by atoms with Gasteiger partial charge in [0.05, 0.1) is 0 Å². The molecule has 0 unspecified atom stereocenters. The van der Waals surface area contributed by atoms with Crippen LogP contribution in [0.15, 0.2) is 103 Å². The van der Waals surface area contributed by atoms with Gasteiger partial charge in [-0.3, -0.25) is 0 Å². The molecule has 7 rings (SSSR count). The number of hydrogen-bond acceptors (Lipinski definition) is 0. The standard InChI is InChI=1S/C34H25.2ClH.Zr/c1-3-10-23(11-4-1)27-18-19-28-21-32-31(29(28)20-27)22-30(24-12-5-2-6-13-24)33(26-16-9-17-26)34(32)25-14-7-8-15-25;;;/h1-8,10-14,18-20,22H,9,15-17H2;2*1H;/q-1;;;+3/p-2. The Kier molecular flexibility index (Phi) is 8.60. The van der Waals surface area contributed by atoms with Crippen molar-refractivity contribution in [3.8, 4) is 22.3 Å². The summed E-state index contributed by atoms with van der Waals surface area (Å²) in [5, 5.41) is 5.29. The topological polar surface area (TPSA) is 0 Å². The van der Waals surface area contributed by atoms with E-state index in [9.17, 15) is 0 Å². The molecule has 1 radical (unpaired) electrons. The first-order valence-electron chi connectivity index (χ1n) is 12.3. The van der Waals surface area contributed by atoms with Gasteiger partial charge in [-0.05, 0) is 53.2 Å². The third-order valence-electron chi connectivity index (χ3n) is 7.49. The minimum atomic E-state index is 0. The molecule has 37 heavy (non-hydrogen) atoms. The molecule has 0 aliphatic heterocycles. The molecule has 0 atom stereocenters. The van der Waals surface area contributed by atoms with Gasteiger partial charge in [-0.15, -0.1) is 33.4 Å². The third kappa shape index (κ3) is 4.79. The average molecular weight is 596 g/mol. The van der Waals surface area contributed by atoms with E-state index in [1.165, 1.54) is 79.1 Å². The fourth-order valence-corrected chi connectivity index (χ4v) is 5.62. The third-order valence-corrected chi connectivity index (χ3v) is 7.49. The number of benzene rings is 4. The Morgan fingerprint density at radius 2 is 1.38 bits per heavy atom. The van der Waals surface area contributed by atoms with Gasteiger partial charge in [0.1, 0.15) is 0 Å². The molecule has 0 saturated heterocycles. The molecule has 0 heterocycles. The van der Waals surface area contributed by atoms with Gasteiger partial charge in [0.15, 0.2) is 0 Å². The first-order valence-corrected chi connectivity index (χ1v) is 12.3. The van der Waals surface area contributed by atoms with Crippen LogP contribution < -0.4 is 35.3 Å². The summed E-state index contributed by atoms with van der Waals surface area (Å²) in [5.41, 5.74) is 10.9. The quantitative estimate of drug-likeness (QED) is 0.274. The summed E-state index contributed by atoms with van der Waals surface area (Å²) in [6.45, 7) is 0. The fourth-order valence-electron chi connectivity index (χ4n) is 5.62. The second kappa shape index (κ2) is 11.5. The second-order valence-corrected chi connectivity index (χ2v) is 9.50. The summed E-state index contributed by atoms with van der Waals surface area (Å²) >= 11 is 0. The summed E-state index contributed by atoms with van der Waals surface area (Å²) in [6.07, 6.45) is 15.4. The van der Waals surface area contributed by atoms with E-state index in [2.05, 4.69) is 109 Å². The van der Waals surface area contributed by atoms with Gasteiger partial charge in [-0.1, -0.05) is 114 Å². The van der Waals surface area contributed by atoms with Gasteiger partial charge < -0.3 is 24.8 Å². The van der Waals surface area contributed by atoms with Gasteiger partial charge in [0, 0.05) is 0 Å². The van der Waals surface area contributed by atoms with Gasteiger partial charge in [-0.25, -0.2) is 0 Å². The van der Waals surface area contributed by atoms with Gasteiger partial charge >= 0.3 is 26.2 Å². The second-order valence-electron chi connectivity index (χ2n) is 9.50. The normalized spacial score (nSPS) is 14.2. The molecule has 3 aliphatic carbocycles. The number of halogens is 2. The summed E-state index contributed by atoms with van der Waals surface area (Å²) < 4.78 is 0. The van der Waals surface area contributed by atoms with Crippen molar-refractivity contribution in [2.75, 3.05) is 0 Å². The van der Waals surface area contributed by atoms with Crippen LogP contribution in [0.2, 0.25) is 0 Å². The van der Waals surface area contributed by atoms with Crippen molar-refractivity contribution in [3.63, 3.8) is 0 Å². The maximum absolute atomic E-state index is 3.84. The van der Waals surface area contributed by atoms with Crippen LogP contribution in [0.1, 0.15) is 36.8 Å². The molecule has 0 spiro atoms. The smallest absolute Gasteiger partial charge is 1.00 e. The minimum Gasteiger partial charge on any atom is -1.00 e. The predicted molar refractivity (Wildman–Crippen MR) is 142 cm³/mol. The van der Waals surface area contributed by atoms with Crippen molar-refractivity contribution in [2.24, 2.45) is 0 Å². The number of hydrogen-bond donors (Lipinski definition) is 0. The molecule has 1 fully saturated rings. The molecular weight excluding hydrogens is 571 g/mol. The molecular formula is C34H25Cl2Zr. The van der Waals surface area contributed by atoms with E-state index in [4.69, 9.17) is 0 Å². The Hall–Kier alpha value is -2.44. The average Bonchev–Trinajstić information content (AvgIpc) is 3.51. The Labute approximate surface area is 249 Å². The van der Waals surface area contributed by atoms with Gasteiger partial charge in [0.25, 0.3) is 0 Å². The fraction of sp³-hybridized carbons (Fsp3) is 0.118. The summed E-state index contributed by atoms with van der Waals surface area (Å²) in [7, 11) is 0. The Balaban J connectivity index is 0.00000107. The van der Waals surface area contributed by atoms with Crippen LogP contribution in [0.4, 0.5) is 0 Å². The van der Waals surface area contributed by atoms with E-state index in [1.807, 2.05) is 0 Å². The molecule has 4 aromatic rings. The van der Waals surface area contributed by atoms with Crippen LogP contribution in [0.25, 0.3) is 39.5 Å². The van der Waals surface area contributed by atoms with Crippen LogP contribution in [0.3, 0.4) is 0 Å². The molecule has 0 amide bonds. The monoisotopic (exact) mass is 593 g/mol. The van der Waals surface area contributed by atoms with Crippen LogP contribution >= 0.6 is 0 Å². The Morgan fingerprint density at radius 3 is 2.00 bits per heavy atom. The zero-order valence-electron chi connectivity index (χ0n) is 20.4. The van der Waals surface area contributed by atoms with Crippen LogP contribution in [0, 0.1) is 10.4 Å². The van der Waals surface area contributed by atoms with Crippen molar-refractivity contribution < 1.29 is 51.0 Å². The molecule has 0 nitrogen and oxygen atoms in total. The molecule has 0 N–H and O–H groups in total. The largest absolute Gasteiger partial charge is 3.00 e. The van der Waals surface area contributed by atoms with Gasteiger partial charge in [-0.2, -0.15) is 0 Å². The van der Waals surface area contributed by atoms with Crippen molar-refractivity contribution >= 4 is 17.2 Å². The van der Waals surface area contributed by atoms with Crippen molar-refractivity contribution in [2.45, 2.75) is 25.7 Å².